The van der Waals surface area contributed by atoms with Crippen LogP contribution in [-0.4, -0.2) is 43.0 Å². The van der Waals surface area contributed by atoms with Crippen LogP contribution in [0.25, 0.3) is 0 Å². The number of piperidine rings is 1. The molecule has 0 saturated carbocycles. The van der Waals surface area contributed by atoms with Gasteiger partial charge in [-0.1, -0.05) is 6.42 Å². The molecule has 0 aromatic carbocycles. The van der Waals surface area contributed by atoms with Gasteiger partial charge in [0.05, 0.1) is 0 Å². The number of nitrogens with zero attached hydrogens (tertiary/aromatic N) is 1. The summed E-state index contributed by atoms with van der Waals surface area (Å²) in [5.74, 6) is 0.212. The van der Waals surface area contributed by atoms with Crippen molar-refractivity contribution in [1.82, 2.24) is 10.2 Å². The van der Waals surface area contributed by atoms with E-state index >= 15 is 0 Å². The van der Waals surface area contributed by atoms with E-state index in [9.17, 15) is 4.79 Å². The van der Waals surface area contributed by atoms with Crippen molar-refractivity contribution in [2.75, 3.05) is 20.1 Å². The van der Waals surface area contributed by atoms with E-state index in [1.807, 2.05) is 0 Å². The number of nitrogens with one attached hydrogen (secondary N) is 1. The molecule has 1 amide bonds. The molecule has 2 atom stereocenters. The van der Waals surface area contributed by atoms with Crippen LogP contribution < -0.4 is 11.1 Å². The highest BCUT2D eigenvalue weighted by Crippen LogP contribution is 2.15. The number of hydrogen-bond acceptors (Lipinski definition) is 3. The van der Waals surface area contributed by atoms with Crippen molar-refractivity contribution in [3.05, 3.63) is 0 Å². The Kier molecular flexibility index (Phi) is 6.52. The molecule has 0 radical (unpaired) electrons. The topological polar surface area (TPSA) is 58.4 Å². The predicted molar refractivity (Wildman–Crippen MR) is 70.8 cm³/mol. The third-order valence-corrected chi connectivity index (χ3v) is 3.68. The Labute approximate surface area is 105 Å². The monoisotopic (exact) mass is 241 g/mol. The van der Waals surface area contributed by atoms with Crippen molar-refractivity contribution in [3.63, 3.8) is 0 Å². The average Bonchev–Trinajstić information content (AvgIpc) is 2.30. The molecule has 3 N–H and O–H groups in total. The molecule has 1 saturated heterocycles. The van der Waals surface area contributed by atoms with E-state index in [1.54, 1.807) is 0 Å². The third-order valence-electron chi connectivity index (χ3n) is 3.68. The zero-order valence-electron chi connectivity index (χ0n) is 11.2. The minimum absolute atomic E-state index is 0.212. The minimum atomic E-state index is 0.212. The maximum atomic E-state index is 11.7. The summed E-state index contributed by atoms with van der Waals surface area (Å²) in [5.41, 5.74) is 5.42. The summed E-state index contributed by atoms with van der Waals surface area (Å²) >= 11 is 0. The van der Waals surface area contributed by atoms with Gasteiger partial charge >= 0.3 is 0 Å². The van der Waals surface area contributed by atoms with Gasteiger partial charge in [0.1, 0.15) is 0 Å². The number of unbranched alkanes of at least 4 members (excludes halogenated alkanes) is 2. The number of carbonyl (C=O) groups is 1. The van der Waals surface area contributed by atoms with E-state index in [0.29, 0.717) is 18.5 Å². The second-order valence-electron chi connectivity index (χ2n) is 5.22. The van der Waals surface area contributed by atoms with E-state index in [4.69, 9.17) is 5.73 Å². The van der Waals surface area contributed by atoms with Crippen molar-refractivity contribution < 1.29 is 4.79 Å². The molecule has 1 aliphatic rings. The van der Waals surface area contributed by atoms with Crippen LogP contribution in [0.15, 0.2) is 0 Å². The lowest BCUT2D eigenvalue weighted by Gasteiger charge is -2.35. The van der Waals surface area contributed by atoms with Gasteiger partial charge in [-0.25, -0.2) is 0 Å². The number of hydrogen-bond donors (Lipinski definition) is 2. The second-order valence-corrected chi connectivity index (χ2v) is 5.22. The Morgan fingerprint density at radius 2 is 2.18 bits per heavy atom. The number of likely N-dealkylation sites (tertiary alicyclic amines) is 1. The van der Waals surface area contributed by atoms with Crippen LogP contribution in [0.4, 0.5) is 0 Å². The van der Waals surface area contributed by atoms with E-state index in [0.717, 1.165) is 45.2 Å². The van der Waals surface area contributed by atoms with Crippen molar-refractivity contribution in [2.24, 2.45) is 5.73 Å². The summed E-state index contributed by atoms with van der Waals surface area (Å²) in [5, 5.41) is 3.15. The van der Waals surface area contributed by atoms with Crippen LogP contribution in [0.3, 0.4) is 0 Å². The summed E-state index contributed by atoms with van der Waals surface area (Å²) < 4.78 is 0. The summed E-state index contributed by atoms with van der Waals surface area (Å²) in [6, 6.07) is 0.953. The molecular weight excluding hydrogens is 214 g/mol. The molecule has 0 bridgehead atoms. The summed E-state index contributed by atoms with van der Waals surface area (Å²) in [4.78, 5) is 14.1. The largest absolute Gasteiger partial charge is 0.353 e. The van der Waals surface area contributed by atoms with E-state index in [1.165, 1.54) is 0 Å². The Hall–Kier alpha value is -0.610. The molecule has 2 unspecified atom stereocenters. The second kappa shape index (κ2) is 7.67. The number of nitrogens with two attached hydrogens (primary N) is 1. The van der Waals surface area contributed by atoms with Crippen molar-refractivity contribution in [1.29, 1.82) is 0 Å². The molecule has 1 aliphatic heterocycles. The Morgan fingerprint density at radius 1 is 1.41 bits per heavy atom. The van der Waals surface area contributed by atoms with Gasteiger partial charge in [0.2, 0.25) is 5.91 Å². The lowest BCUT2D eigenvalue weighted by Crippen LogP contribution is -2.47. The van der Waals surface area contributed by atoms with Crippen LogP contribution in [0, 0.1) is 0 Å². The molecule has 0 aromatic heterocycles. The lowest BCUT2D eigenvalue weighted by molar-refractivity contribution is -0.122. The van der Waals surface area contributed by atoms with Gasteiger partial charge in [-0.05, 0) is 46.2 Å². The SMILES string of the molecule is CC1CC(NC(=O)CCCCCN)CCN1C. The molecule has 4 heteroatoms. The van der Waals surface area contributed by atoms with Crippen molar-refractivity contribution in [2.45, 2.75) is 57.5 Å². The van der Waals surface area contributed by atoms with Gasteiger partial charge in [-0.15, -0.1) is 0 Å². The fourth-order valence-electron chi connectivity index (χ4n) is 2.33. The maximum absolute atomic E-state index is 11.7. The average molecular weight is 241 g/mol. The van der Waals surface area contributed by atoms with Crippen LogP contribution in [-0.2, 0) is 4.79 Å². The number of carbonyl (C=O) groups excluding carboxylic acids is 1. The summed E-state index contributed by atoms with van der Waals surface area (Å²) in [7, 11) is 2.15. The van der Waals surface area contributed by atoms with Crippen molar-refractivity contribution >= 4 is 5.91 Å². The Bertz CT molecular complexity index is 233. The Balaban J connectivity index is 2.14. The number of rotatable bonds is 6. The van der Waals surface area contributed by atoms with E-state index in [-0.39, 0.29) is 5.91 Å². The van der Waals surface area contributed by atoms with Crippen LogP contribution in [0.2, 0.25) is 0 Å². The quantitative estimate of drug-likeness (QED) is 0.685. The smallest absolute Gasteiger partial charge is 0.220 e. The molecular formula is C13H27N3O. The molecule has 1 rings (SSSR count). The Morgan fingerprint density at radius 3 is 2.82 bits per heavy atom. The molecule has 1 heterocycles. The van der Waals surface area contributed by atoms with Gasteiger partial charge in [-0.2, -0.15) is 0 Å². The highest BCUT2D eigenvalue weighted by Gasteiger charge is 2.23. The molecule has 17 heavy (non-hydrogen) atoms. The van der Waals surface area contributed by atoms with Crippen LogP contribution in [0.5, 0.6) is 0 Å². The molecule has 1 fully saturated rings. The van der Waals surface area contributed by atoms with E-state index in [2.05, 4.69) is 24.2 Å². The molecule has 100 valence electrons. The first-order valence-corrected chi connectivity index (χ1v) is 6.83. The van der Waals surface area contributed by atoms with Gasteiger partial charge in [-0.3, -0.25) is 4.79 Å². The minimum Gasteiger partial charge on any atom is -0.353 e. The zero-order valence-corrected chi connectivity index (χ0v) is 11.2. The van der Waals surface area contributed by atoms with Crippen LogP contribution in [0.1, 0.15) is 45.4 Å². The van der Waals surface area contributed by atoms with Crippen molar-refractivity contribution in [3.8, 4) is 0 Å². The zero-order chi connectivity index (χ0) is 12.7. The first kappa shape index (κ1) is 14.5. The molecule has 0 aromatic rings. The first-order valence-electron chi connectivity index (χ1n) is 6.83. The predicted octanol–water partition coefficient (Wildman–Crippen LogP) is 1.10. The summed E-state index contributed by atoms with van der Waals surface area (Å²) in [6.45, 7) is 4.03. The molecule has 0 aliphatic carbocycles. The van der Waals surface area contributed by atoms with Gasteiger partial charge in [0, 0.05) is 25.0 Å². The third kappa shape index (κ3) is 5.50. The fraction of sp³-hybridized carbons (Fsp3) is 0.923. The molecule has 0 spiro atoms. The molecule has 4 nitrogen and oxygen atoms in total. The maximum Gasteiger partial charge on any atom is 0.220 e. The lowest BCUT2D eigenvalue weighted by atomic mass is 9.99. The first-order chi connectivity index (χ1) is 8.13. The fourth-order valence-corrected chi connectivity index (χ4v) is 2.33. The highest BCUT2D eigenvalue weighted by molar-refractivity contribution is 5.76. The van der Waals surface area contributed by atoms with E-state index < -0.39 is 0 Å². The number of amides is 1. The van der Waals surface area contributed by atoms with Crippen LogP contribution >= 0.6 is 0 Å². The normalized spacial score (nSPS) is 25.8. The highest BCUT2D eigenvalue weighted by atomic mass is 16.1. The standard InChI is InChI=1S/C13H27N3O/c1-11-10-12(7-9-16(11)2)15-13(17)6-4-3-5-8-14/h11-12H,3-10,14H2,1-2H3,(H,15,17). The van der Waals surface area contributed by atoms with Gasteiger partial charge < -0.3 is 16.0 Å². The van der Waals surface area contributed by atoms with Gasteiger partial charge in [0.15, 0.2) is 0 Å². The summed E-state index contributed by atoms with van der Waals surface area (Å²) in [6.07, 6.45) is 5.86. The van der Waals surface area contributed by atoms with Gasteiger partial charge in [0.25, 0.3) is 0 Å².